The van der Waals surface area contributed by atoms with Crippen molar-refractivity contribution >= 4 is 23.5 Å². The fourth-order valence-electron chi connectivity index (χ4n) is 3.47. The van der Waals surface area contributed by atoms with E-state index in [1.165, 1.54) is 0 Å². The second-order valence-electron chi connectivity index (χ2n) is 6.94. The highest BCUT2D eigenvalue weighted by Crippen LogP contribution is 2.34. The Hall–Kier alpha value is -1.29. The third-order valence-electron chi connectivity index (χ3n) is 4.62. The topological polar surface area (TPSA) is 43.4 Å². The first-order valence-corrected chi connectivity index (χ1v) is 9.89. The van der Waals surface area contributed by atoms with Crippen LogP contribution in [0.4, 0.5) is 0 Å². The number of hydrogen-bond donors (Lipinski definition) is 0. The molecular weight excluding hydrogens is 320 g/mol. The highest BCUT2D eigenvalue weighted by atomic mass is 32.2. The van der Waals surface area contributed by atoms with Gasteiger partial charge in [0.2, 0.25) is 0 Å². The summed E-state index contributed by atoms with van der Waals surface area (Å²) in [6.45, 7) is 10.2. The first kappa shape index (κ1) is 19.0. The van der Waals surface area contributed by atoms with Gasteiger partial charge in [0, 0.05) is 12.3 Å². The second kappa shape index (κ2) is 8.19. The van der Waals surface area contributed by atoms with Crippen molar-refractivity contribution in [3.05, 3.63) is 34.4 Å². The third-order valence-corrected chi connectivity index (χ3v) is 6.08. The molecule has 132 valence electrons. The summed E-state index contributed by atoms with van der Waals surface area (Å²) in [5.41, 5.74) is 3.97. The molecule has 1 aliphatic rings. The number of thioether (sulfide) groups is 1. The lowest BCUT2D eigenvalue weighted by atomic mass is 9.82. The maximum Gasteiger partial charge on any atom is 0.321 e. The zero-order chi connectivity index (χ0) is 17.9. The zero-order valence-electron chi connectivity index (χ0n) is 15.3. The summed E-state index contributed by atoms with van der Waals surface area (Å²) in [4.78, 5) is 25.3. The molecule has 0 aromatic heterocycles. The fourth-order valence-corrected chi connectivity index (χ4v) is 4.51. The minimum atomic E-state index is -0.752. The molecule has 1 saturated heterocycles. The van der Waals surface area contributed by atoms with Gasteiger partial charge in [0.25, 0.3) is 0 Å². The number of Topliss-reactive ketones (excluding diaryl/α,β-unsaturated/α-hetero) is 1. The molecule has 4 heteroatoms. The van der Waals surface area contributed by atoms with E-state index >= 15 is 0 Å². The van der Waals surface area contributed by atoms with Crippen LogP contribution in [0.3, 0.4) is 0 Å². The van der Waals surface area contributed by atoms with Crippen LogP contribution >= 0.6 is 11.8 Å². The molecule has 0 saturated carbocycles. The second-order valence-corrected chi connectivity index (χ2v) is 8.09. The predicted molar refractivity (Wildman–Crippen MR) is 99.7 cm³/mol. The molecule has 24 heavy (non-hydrogen) atoms. The molecule has 1 aromatic rings. The smallest absolute Gasteiger partial charge is 0.321 e. The molecule has 2 rings (SSSR count). The number of carbonyl (C=O) groups excluding carboxylic acids is 2. The Balaban J connectivity index is 2.15. The van der Waals surface area contributed by atoms with Gasteiger partial charge in [0.1, 0.15) is 12.0 Å². The van der Waals surface area contributed by atoms with Gasteiger partial charge in [-0.1, -0.05) is 31.5 Å². The molecule has 3 atom stereocenters. The molecule has 3 nitrogen and oxygen atoms in total. The van der Waals surface area contributed by atoms with Crippen molar-refractivity contribution in [2.75, 3.05) is 11.5 Å². The number of ketones is 1. The molecule has 3 unspecified atom stereocenters. The number of rotatable bonds is 6. The highest BCUT2D eigenvalue weighted by molar-refractivity contribution is 7.99. The van der Waals surface area contributed by atoms with E-state index in [0.29, 0.717) is 6.42 Å². The molecule has 1 heterocycles. The Labute approximate surface area is 149 Å². The zero-order valence-corrected chi connectivity index (χ0v) is 16.2. The van der Waals surface area contributed by atoms with Crippen LogP contribution in [-0.2, 0) is 14.3 Å². The van der Waals surface area contributed by atoms with Crippen LogP contribution < -0.4 is 0 Å². The summed E-state index contributed by atoms with van der Waals surface area (Å²) in [6, 6.07) is 4.05. The summed E-state index contributed by atoms with van der Waals surface area (Å²) >= 11 is 1.86. The molecule has 0 amide bonds. The van der Waals surface area contributed by atoms with Gasteiger partial charge < -0.3 is 4.74 Å². The van der Waals surface area contributed by atoms with E-state index in [1.807, 2.05) is 44.7 Å². The Kier molecular flexibility index (Phi) is 6.50. The molecular formula is C20H28O3S. The van der Waals surface area contributed by atoms with Crippen LogP contribution in [0.1, 0.15) is 54.9 Å². The summed E-state index contributed by atoms with van der Waals surface area (Å²) < 4.78 is 5.68. The van der Waals surface area contributed by atoms with Crippen LogP contribution in [-0.4, -0.2) is 29.4 Å². The molecule has 1 aromatic carbocycles. The normalized spacial score (nSPS) is 22.4. The van der Waals surface area contributed by atoms with Crippen LogP contribution in [0.2, 0.25) is 0 Å². The molecule has 0 spiro atoms. The molecule has 0 bridgehead atoms. The van der Waals surface area contributed by atoms with Gasteiger partial charge in [-0.25, -0.2) is 0 Å². The highest BCUT2D eigenvalue weighted by Gasteiger charge is 2.41. The first-order chi connectivity index (χ1) is 11.3. The van der Waals surface area contributed by atoms with Gasteiger partial charge >= 0.3 is 5.97 Å². The van der Waals surface area contributed by atoms with Crippen molar-refractivity contribution in [2.24, 2.45) is 5.92 Å². The first-order valence-electron chi connectivity index (χ1n) is 8.73. The van der Waals surface area contributed by atoms with E-state index in [0.717, 1.165) is 40.2 Å². The van der Waals surface area contributed by atoms with Gasteiger partial charge in [-0.2, -0.15) is 11.8 Å². The van der Waals surface area contributed by atoms with Crippen LogP contribution in [0.15, 0.2) is 12.1 Å². The number of hydrogen-bond acceptors (Lipinski definition) is 4. The van der Waals surface area contributed by atoms with E-state index < -0.39 is 5.92 Å². The maximum absolute atomic E-state index is 12.7. The number of carbonyl (C=O) groups is 2. The standard InChI is InChI=1S/C20H28O3S/c1-6-7-24-11-15(5)17-10-16(21)19(20(22)23-17)18-13(3)8-12(2)9-14(18)4/h8-9,15,17,19H,6-7,10-11H2,1-5H3. The SMILES string of the molecule is CCCSCC(C)C1CC(=O)C(c2c(C)cc(C)cc2C)C(=O)O1. The number of aryl methyl sites for hydroxylation is 3. The molecule has 0 aliphatic carbocycles. The van der Waals surface area contributed by atoms with Gasteiger partial charge in [0.05, 0.1) is 0 Å². The lowest BCUT2D eigenvalue weighted by Crippen LogP contribution is -2.41. The van der Waals surface area contributed by atoms with Crippen molar-refractivity contribution in [3.8, 4) is 0 Å². The summed E-state index contributed by atoms with van der Waals surface area (Å²) in [7, 11) is 0. The summed E-state index contributed by atoms with van der Waals surface area (Å²) in [5, 5.41) is 0. The number of esters is 1. The number of benzene rings is 1. The Bertz CT molecular complexity index is 582. The average molecular weight is 349 g/mol. The average Bonchev–Trinajstić information content (AvgIpc) is 2.48. The Morgan fingerprint density at radius 3 is 2.38 bits per heavy atom. The largest absolute Gasteiger partial charge is 0.461 e. The van der Waals surface area contributed by atoms with Gasteiger partial charge in [-0.05, 0) is 55.4 Å². The van der Waals surface area contributed by atoms with Crippen molar-refractivity contribution in [3.63, 3.8) is 0 Å². The van der Waals surface area contributed by atoms with Crippen LogP contribution in [0, 0.1) is 26.7 Å². The summed E-state index contributed by atoms with van der Waals surface area (Å²) in [5.74, 6) is 1.10. The lowest BCUT2D eigenvalue weighted by molar-refractivity contribution is -0.162. The third kappa shape index (κ3) is 4.21. The van der Waals surface area contributed by atoms with Crippen molar-refractivity contribution in [1.82, 2.24) is 0 Å². The Morgan fingerprint density at radius 1 is 1.21 bits per heavy atom. The van der Waals surface area contributed by atoms with Gasteiger partial charge in [0.15, 0.2) is 5.78 Å². The van der Waals surface area contributed by atoms with Crippen LogP contribution in [0.5, 0.6) is 0 Å². The minimum Gasteiger partial charge on any atom is -0.461 e. The van der Waals surface area contributed by atoms with E-state index in [1.54, 1.807) is 0 Å². The van der Waals surface area contributed by atoms with E-state index in [4.69, 9.17) is 4.74 Å². The van der Waals surface area contributed by atoms with Crippen molar-refractivity contribution in [2.45, 2.75) is 59.5 Å². The van der Waals surface area contributed by atoms with Gasteiger partial charge in [-0.3, -0.25) is 9.59 Å². The van der Waals surface area contributed by atoms with E-state index in [9.17, 15) is 9.59 Å². The predicted octanol–water partition coefficient (Wildman–Crippen LogP) is 4.36. The molecule has 1 aliphatic heterocycles. The number of ether oxygens (including phenoxy) is 1. The van der Waals surface area contributed by atoms with Gasteiger partial charge in [-0.15, -0.1) is 0 Å². The monoisotopic (exact) mass is 348 g/mol. The number of cyclic esters (lactones) is 1. The quantitative estimate of drug-likeness (QED) is 0.435. The van der Waals surface area contributed by atoms with Crippen LogP contribution in [0.25, 0.3) is 0 Å². The molecule has 1 fully saturated rings. The lowest BCUT2D eigenvalue weighted by Gasteiger charge is -2.32. The van der Waals surface area contributed by atoms with Crippen molar-refractivity contribution in [1.29, 1.82) is 0 Å². The minimum absolute atomic E-state index is 0.00126. The Morgan fingerprint density at radius 2 is 1.83 bits per heavy atom. The van der Waals surface area contributed by atoms with Crippen molar-refractivity contribution < 1.29 is 14.3 Å². The summed E-state index contributed by atoms with van der Waals surface area (Å²) in [6.07, 6.45) is 1.18. The molecule has 0 N–H and O–H groups in total. The van der Waals surface area contributed by atoms with E-state index in [2.05, 4.69) is 13.8 Å². The maximum atomic E-state index is 12.7. The van der Waals surface area contributed by atoms with E-state index in [-0.39, 0.29) is 23.8 Å². The fraction of sp³-hybridized carbons (Fsp3) is 0.600. The molecule has 0 radical (unpaired) electrons.